The normalized spacial score (nSPS) is 9.93. The Bertz CT molecular complexity index is 350. The van der Waals surface area contributed by atoms with Crippen molar-refractivity contribution in [3.8, 4) is 0 Å². The van der Waals surface area contributed by atoms with Gasteiger partial charge in [0.05, 0.1) is 5.56 Å². The number of nitrogens with zero attached hydrogens (tertiary/aromatic N) is 2. The van der Waals surface area contributed by atoms with Crippen LogP contribution in [0.25, 0.3) is 0 Å². The largest absolute Gasteiger partial charge is 0.478 e. The first-order valence-corrected chi connectivity index (χ1v) is 4.47. The lowest BCUT2D eigenvalue weighted by molar-refractivity contribution is 0.0696. The average molecular weight is 194 g/mol. The number of aryl methyl sites for hydroxylation is 1. The maximum atomic E-state index is 10.8. The summed E-state index contributed by atoms with van der Waals surface area (Å²) in [4.78, 5) is 16.9. The van der Waals surface area contributed by atoms with Crippen molar-refractivity contribution < 1.29 is 9.90 Å². The van der Waals surface area contributed by atoms with Crippen molar-refractivity contribution in [2.45, 2.75) is 13.8 Å². The van der Waals surface area contributed by atoms with Crippen molar-refractivity contribution in [2.75, 3.05) is 18.5 Å². The molecule has 1 aromatic rings. The molecule has 0 amide bonds. The molecular formula is C10H14N2O2. The quantitative estimate of drug-likeness (QED) is 0.793. The van der Waals surface area contributed by atoms with Crippen LogP contribution in [0.5, 0.6) is 0 Å². The van der Waals surface area contributed by atoms with E-state index in [9.17, 15) is 4.79 Å². The topological polar surface area (TPSA) is 53.4 Å². The lowest BCUT2D eigenvalue weighted by atomic mass is 10.2. The Kier molecular flexibility index (Phi) is 3.06. The predicted octanol–water partition coefficient (Wildman–Crippen LogP) is 1.54. The standard InChI is InChI=1S/C10H14N2O2/c1-4-12(3)9-6-8(10(13)14)5-7(2)11-9/h5-6H,4H2,1-3H3,(H,13,14). The second-order valence-electron chi connectivity index (χ2n) is 3.17. The molecule has 1 heterocycles. The summed E-state index contributed by atoms with van der Waals surface area (Å²) in [7, 11) is 1.88. The number of carbonyl (C=O) groups is 1. The average Bonchev–Trinajstić information content (AvgIpc) is 2.15. The van der Waals surface area contributed by atoms with Crippen LogP contribution in [-0.4, -0.2) is 29.7 Å². The van der Waals surface area contributed by atoms with Gasteiger partial charge in [0.2, 0.25) is 0 Å². The second-order valence-corrected chi connectivity index (χ2v) is 3.17. The van der Waals surface area contributed by atoms with Crippen LogP contribution in [0.2, 0.25) is 0 Å². The molecule has 0 fully saturated rings. The molecule has 0 aromatic carbocycles. The van der Waals surface area contributed by atoms with Crippen molar-refractivity contribution in [3.05, 3.63) is 23.4 Å². The molecule has 0 atom stereocenters. The van der Waals surface area contributed by atoms with E-state index in [1.54, 1.807) is 19.1 Å². The van der Waals surface area contributed by atoms with Gasteiger partial charge in [-0.3, -0.25) is 0 Å². The molecule has 0 aliphatic carbocycles. The van der Waals surface area contributed by atoms with Crippen LogP contribution in [0.3, 0.4) is 0 Å². The van der Waals surface area contributed by atoms with E-state index in [1.807, 2.05) is 18.9 Å². The lowest BCUT2D eigenvalue weighted by Crippen LogP contribution is -2.18. The highest BCUT2D eigenvalue weighted by atomic mass is 16.4. The van der Waals surface area contributed by atoms with Gasteiger partial charge in [-0.25, -0.2) is 9.78 Å². The number of anilines is 1. The molecule has 0 saturated heterocycles. The van der Waals surface area contributed by atoms with Gasteiger partial charge in [-0.2, -0.15) is 0 Å². The maximum Gasteiger partial charge on any atom is 0.335 e. The molecule has 0 spiro atoms. The SMILES string of the molecule is CCN(C)c1cc(C(=O)O)cc(C)n1. The summed E-state index contributed by atoms with van der Waals surface area (Å²) >= 11 is 0. The third kappa shape index (κ3) is 2.22. The number of hydrogen-bond acceptors (Lipinski definition) is 3. The molecule has 0 aliphatic heterocycles. The third-order valence-electron chi connectivity index (χ3n) is 2.05. The molecule has 14 heavy (non-hydrogen) atoms. The number of aromatic nitrogens is 1. The minimum atomic E-state index is -0.916. The summed E-state index contributed by atoms with van der Waals surface area (Å²) < 4.78 is 0. The van der Waals surface area contributed by atoms with E-state index in [0.717, 1.165) is 12.2 Å². The molecule has 4 heteroatoms. The Labute approximate surface area is 83.2 Å². The number of carboxylic acids is 1. The Morgan fingerprint density at radius 1 is 1.57 bits per heavy atom. The monoisotopic (exact) mass is 194 g/mol. The molecule has 0 saturated carbocycles. The molecule has 1 rings (SSSR count). The highest BCUT2D eigenvalue weighted by molar-refractivity contribution is 5.88. The van der Waals surface area contributed by atoms with Gasteiger partial charge in [-0.1, -0.05) is 0 Å². The van der Waals surface area contributed by atoms with E-state index in [0.29, 0.717) is 5.82 Å². The number of pyridine rings is 1. The van der Waals surface area contributed by atoms with Gasteiger partial charge in [0.25, 0.3) is 0 Å². The number of hydrogen-bond donors (Lipinski definition) is 1. The van der Waals surface area contributed by atoms with Crippen LogP contribution >= 0.6 is 0 Å². The maximum absolute atomic E-state index is 10.8. The molecule has 0 bridgehead atoms. The summed E-state index contributed by atoms with van der Waals surface area (Å²) in [6.45, 7) is 4.58. The van der Waals surface area contributed by atoms with Crippen molar-refractivity contribution >= 4 is 11.8 Å². The third-order valence-corrected chi connectivity index (χ3v) is 2.05. The lowest BCUT2D eigenvalue weighted by Gasteiger charge is -2.16. The zero-order valence-corrected chi connectivity index (χ0v) is 8.61. The van der Waals surface area contributed by atoms with Crippen molar-refractivity contribution in [1.29, 1.82) is 0 Å². The fourth-order valence-electron chi connectivity index (χ4n) is 1.13. The van der Waals surface area contributed by atoms with Crippen LogP contribution in [0.15, 0.2) is 12.1 Å². The zero-order chi connectivity index (χ0) is 10.7. The number of carboxylic acid groups (broad SMARTS) is 1. The summed E-state index contributed by atoms with van der Waals surface area (Å²) in [5.74, 6) is -0.217. The van der Waals surface area contributed by atoms with Crippen molar-refractivity contribution in [3.63, 3.8) is 0 Å². The molecule has 0 radical (unpaired) electrons. The first kappa shape index (κ1) is 10.5. The van der Waals surface area contributed by atoms with Crippen LogP contribution in [0.1, 0.15) is 23.0 Å². The minimum Gasteiger partial charge on any atom is -0.478 e. The summed E-state index contributed by atoms with van der Waals surface area (Å²) in [5, 5.41) is 8.84. The van der Waals surface area contributed by atoms with E-state index in [-0.39, 0.29) is 5.56 Å². The van der Waals surface area contributed by atoms with Gasteiger partial charge in [-0.05, 0) is 26.0 Å². The van der Waals surface area contributed by atoms with Crippen LogP contribution in [0.4, 0.5) is 5.82 Å². The molecule has 76 valence electrons. The Morgan fingerprint density at radius 3 is 2.71 bits per heavy atom. The van der Waals surface area contributed by atoms with Gasteiger partial charge in [-0.15, -0.1) is 0 Å². The van der Waals surface area contributed by atoms with E-state index in [1.165, 1.54) is 0 Å². The van der Waals surface area contributed by atoms with Crippen LogP contribution in [0, 0.1) is 6.92 Å². The van der Waals surface area contributed by atoms with Gasteiger partial charge in [0.15, 0.2) is 0 Å². The minimum absolute atomic E-state index is 0.285. The van der Waals surface area contributed by atoms with Gasteiger partial charge in [0, 0.05) is 19.3 Å². The van der Waals surface area contributed by atoms with E-state index < -0.39 is 5.97 Å². The Morgan fingerprint density at radius 2 is 2.21 bits per heavy atom. The smallest absolute Gasteiger partial charge is 0.335 e. The summed E-state index contributed by atoms with van der Waals surface area (Å²) in [6, 6.07) is 3.15. The predicted molar refractivity (Wildman–Crippen MR) is 54.9 cm³/mol. The molecule has 0 aliphatic rings. The highest BCUT2D eigenvalue weighted by Gasteiger charge is 2.08. The van der Waals surface area contributed by atoms with E-state index in [4.69, 9.17) is 5.11 Å². The van der Waals surface area contributed by atoms with E-state index in [2.05, 4.69) is 4.98 Å². The van der Waals surface area contributed by atoms with Crippen LogP contribution in [-0.2, 0) is 0 Å². The zero-order valence-electron chi connectivity index (χ0n) is 8.61. The second kappa shape index (κ2) is 4.09. The van der Waals surface area contributed by atoms with Gasteiger partial charge < -0.3 is 10.0 Å². The van der Waals surface area contributed by atoms with Gasteiger partial charge >= 0.3 is 5.97 Å². The Hall–Kier alpha value is -1.58. The summed E-state index contributed by atoms with van der Waals surface area (Å²) in [6.07, 6.45) is 0. The molecule has 1 aromatic heterocycles. The van der Waals surface area contributed by atoms with Gasteiger partial charge in [0.1, 0.15) is 5.82 Å². The fourth-order valence-corrected chi connectivity index (χ4v) is 1.13. The van der Waals surface area contributed by atoms with Crippen LogP contribution < -0.4 is 4.90 Å². The number of aromatic carboxylic acids is 1. The van der Waals surface area contributed by atoms with Crippen molar-refractivity contribution in [2.24, 2.45) is 0 Å². The molecule has 4 nitrogen and oxygen atoms in total. The van der Waals surface area contributed by atoms with Crippen molar-refractivity contribution in [1.82, 2.24) is 4.98 Å². The molecule has 1 N–H and O–H groups in total. The van der Waals surface area contributed by atoms with E-state index >= 15 is 0 Å². The molecule has 0 unspecified atom stereocenters. The first-order valence-electron chi connectivity index (χ1n) is 4.47. The fraction of sp³-hybridized carbons (Fsp3) is 0.400. The summed E-state index contributed by atoms with van der Waals surface area (Å²) in [5.41, 5.74) is 1.01. The molecular weight excluding hydrogens is 180 g/mol. The first-order chi connectivity index (χ1) is 6.54. The highest BCUT2D eigenvalue weighted by Crippen LogP contribution is 2.13. The Balaban J connectivity index is 3.13. The number of rotatable bonds is 3.